The molecule has 0 radical (unpaired) electrons. The maximum Gasteiger partial charge on any atom is 0.416 e. The average molecular weight is 366 g/mol. The van der Waals surface area contributed by atoms with Gasteiger partial charge in [0.05, 0.1) is 27.5 Å². The van der Waals surface area contributed by atoms with Gasteiger partial charge in [0.15, 0.2) is 5.13 Å². The van der Waals surface area contributed by atoms with Crippen LogP contribution in [0, 0.1) is 0 Å². The van der Waals surface area contributed by atoms with Crippen LogP contribution in [-0.2, 0) is 13.2 Å². The maximum atomic E-state index is 12.9. The van der Waals surface area contributed by atoms with Gasteiger partial charge in [-0.2, -0.15) is 18.3 Å². The average Bonchev–Trinajstić information content (AvgIpc) is 3.19. The summed E-state index contributed by atoms with van der Waals surface area (Å²) < 4.78 is 41.4. The smallest absolute Gasteiger partial charge is 0.339 e. The molecule has 0 aliphatic carbocycles. The molecule has 1 unspecified atom stereocenters. The minimum Gasteiger partial charge on any atom is -0.339 e. The molecule has 0 N–H and O–H groups in total. The molecule has 0 bridgehead atoms. The predicted octanol–water partition coefficient (Wildman–Crippen LogP) is 4.78. The Morgan fingerprint density at radius 1 is 1.20 bits per heavy atom. The van der Waals surface area contributed by atoms with Crippen LogP contribution >= 0.6 is 11.3 Å². The summed E-state index contributed by atoms with van der Waals surface area (Å²) in [7, 11) is 1.91. The fraction of sp³-hybridized carbons (Fsp3) is 0.412. The molecule has 1 aliphatic rings. The molecule has 4 rings (SSSR count). The molecule has 1 fully saturated rings. The highest BCUT2D eigenvalue weighted by Crippen LogP contribution is 2.40. The van der Waals surface area contributed by atoms with Crippen LogP contribution in [0.2, 0.25) is 0 Å². The molecule has 1 aliphatic heterocycles. The van der Waals surface area contributed by atoms with Gasteiger partial charge in [-0.3, -0.25) is 4.68 Å². The van der Waals surface area contributed by atoms with E-state index < -0.39 is 11.7 Å². The Morgan fingerprint density at radius 2 is 2.04 bits per heavy atom. The van der Waals surface area contributed by atoms with E-state index in [2.05, 4.69) is 15.0 Å². The van der Waals surface area contributed by atoms with Gasteiger partial charge >= 0.3 is 6.18 Å². The van der Waals surface area contributed by atoms with Crippen LogP contribution in [0.15, 0.2) is 30.5 Å². The van der Waals surface area contributed by atoms with Crippen LogP contribution < -0.4 is 4.90 Å². The van der Waals surface area contributed by atoms with Gasteiger partial charge in [-0.15, -0.1) is 0 Å². The van der Waals surface area contributed by atoms with Crippen LogP contribution in [0.5, 0.6) is 0 Å². The van der Waals surface area contributed by atoms with E-state index >= 15 is 0 Å². The summed E-state index contributed by atoms with van der Waals surface area (Å²) in [6.07, 6.45) is 0.590. The van der Waals surface area contributed by atoms with E-state index in [9.17, 15) is 13.2 Å². The quantitative estimate of drug-likeness (QED) is 0.654. The fourth-order valence-electron chi connectivity index (χ4n) is 3.39. The van der Waals surface area contributed by atoms with E-state index in [1.807, 2.05) is 17.8 Å². The zero-order valence-electron chi connectivity index (χ0n) is 13.6. The zero-order valence-corrected chi connectivity index (χ0v) is 14.4. The Hall–Kier alpha value is -2.09. The van der Waals surface area contributed by atoms with Gasteiger partial charge in [0.2, 0.25) is 0 Å². The van der Waals surface area contributed by atoms with E-state index in [1.54, 1.807) is 6.20 Å². The molecular weight excluding hydrogens is 349 g/mol. The first-order chi connectivity index (χ1) is 11.9. The first kappa shape index (κ1) is 16.4. The van der Waals surface area contributed by atoms with Gasteiger partial charge in [-0.05, 0) is 43.5 Å². The monoisotopic (exact) mass is 366 g/mol. The molecule has 3 aromatic rings. The highest BCUT2D eigenvalue weighted by molar-refractivity contribution is 7.22. The molecule has 0 spiro atoms. The van der Waals surface area contributed by atoms with Crippen molar-refractivity contribution in [3.63, 3.8) is 0 Å². The number of aromatic nitrogens is 3. The number of hydrogen-bond acceptors (Lipinski definition) is 4. The van der Waals surface area contributed by atoms with Crippen molar-refractivity contribution < 1.29 is 13.2 Å². The number of piperidine rings is 1. The number of rotatable bonds is 2. The Labute approximate surface area is 146 Å². The molecule has 25 heavy (non-hydrogen) atoms. The van der Waals surface area contributed by atoms with Crippen molar-refractivity contribution in [3.8, 4) is 0 Å². The summed E-state index contributed by atoms with van der Waals surface area (Å²) in [5.41, 5.74) is 0.859. The van der Waals surface area contributed by atoms with Crippen molar-refractivity contribution in [1.29, 1.82) is 0 Å². The van der Waals surface area contributed by atoms with Crippen molar-refractivity contribution >= 4 is 26.7 Å². The molecule has 1 saturated heterocycles. The SMILES string of the molecule is Cn1nccc1C1CCCCN1c1nc2cc(C(F)(F)F)ccc2s1. The van der Waals surface area contributed by atoms with Crippen LogP contribution in [0.25, 0.3) is 10.2 Å². The second-order valence-corrected chi connectivity index (χ2v) is 7.27. The molecule has 1 atom stereocenters. The predicted molar refractivity (Wildman–Crippen MR) is 91.8 cm³/mol. The summed E-state index contributed by atoms with van der Waals surface area (Å²) >= 11 is 1.45. The van der Waals surface area contributed by atoms with Gasteiger partial charge in [0.25, 0.3) is 0 Å². The summed E-state index contributed by atoms with van der Waals surface area (Å²) in [6, 6.07) is 5.93. The minimum atomic E-state index is -4.35. The molecule has 0 saturated carbocycles. The van der Waals surface area contributed by atoms with E-state index in [0.29, 0.717) is 5.52 Å². The molecular formula is C17H17F3N4S. The Balaban J connectivity index is 1.73. The minimum absolute atomic E-state index is 0.156. The van der Waals surface area contributed by atoms with Gasteiger partial charge in [0, 0.05) is 19.8 Å². The normalized spacial score (nSPS) is 18.9. The van der Waals surface area contributed by atoms with E-state index in [4.69, 9.17) is 0 Å². The number of benzene rings is 1. The number of thiazole rings is 1. The summed E-state index contributed by atoms with van der Waals surface area (Å²) in [5, 5.41) is 5.03. The lowest BCUT2D eigenvalue weighted by Gasteiger charge is -2.35. The van der Waals surface area contributed by atoms with Crippen LogP contribution in [0.3, 0.4) is 0 Å². The lowest BCUT2D eigenvalue weighted by Crippen LogP contribution is -2.34. The third-order valence-electron chi connectivity index (χ3n) is 4.65. The first-order valence-corrected chi connectivity index (χ1v) is 8.97. The van der Waals surface area contributed by atoms with Crippen molar-refractivity contribution in [2.45, 2.75) is 31.5 Å². The molecule has 4 nitrogen and oxygen atoms in total. The second kappa shape index (κ2) is 6.01. The van der Waals surface area contributed by atoms with Crippen LogP contribution in [-0.4, -0.2) is 21.3 Å². The number of fused-ring (bicyclic) bond motifs is 1. The van der Waals surface area contributed by atoms with Crippen molar-refractivity contribution in [2.75, 3.05) is 11.4 Å². The van der Waals surface area contributed by atoms with Gasteiger partial charge in [0.1, 0.15) is 0 Å². The highest BCUT2D eigenvalue weighted by atomic mass is 32.1. The standard InChI is InChI=1S/C17H17F3N4S/c1-23-13(7-8-21-23)14-4-2-3-9-24(14)16-22-12-10-11(17(18,19)20)5-6-15(12)25-16/h5-8,10,14H,2-4,9H2,1H3. The Bertz CT molecular complexity index is 899. The number of alkyl halides is 3. The zero-order chi connectivity index (χ0) is 17.6. The topological polar surface area (TPSA) is 34.0 Å². The molecule has 0 amide bonds. The van der Waals surface area contributed by atoms with E-state index in [1.165, 1.54) is 17.4 Å². The summed E-state index contributed by atoms with van der Waals surface area (Å²) in [6.45, 7) is 0.849. The molecule has 2 aromatic heterocycles. The molecule has 3 heterocycles. The van der Waals surface area contributed by atoms with E-state index in [-0.39, 0.29) is 6.04 Å². The lowest BCUT2D eigenvalue weighted by atomic mass is 10.00. The number of anilines is 1. The third kappa shape index (κ3) is 2.99. The third-order valence-corrected chi connectivity index (χ3v) is 5.73. The first-order valence-electron chi connectivity index (χ1n) is 8.16. The fourth-order valence-corrected chi connectivity index (χ4v) is 4.42. The maximum absolute atomic E-state index is 12.9. The number of halogens is 3. The largest absolute Gasteiger partial charge is 0.416 e. The van der Waals surface area contributed by atoms with Gasteiger partial charge in [-0.1, -0.05) is 11.3 Å². The van der Waals surface area contributed by atoms with Gasteiger partial charge < -0.3 is 4.90 Å². The van der Waals surface area contributed by atoms with Crippen LogP contribution in [0.1, 0.15) is 36.6 Å². The summed E-state index contributed by atoms with van der Waals surface area (Å²) in [5.74, 6) is 0. The Morgan fingerprint density at radius 3 is 2.76 bits per heavy atom. The highest BCUT2D eigenvalue weighted by Gasteiger charge is 2.32. The van der Waals surface area contributed by atoms with Crippen molar-refractivity contribution in [1.82, 2.24) is 14.8 Å². The number of nitrogens with zero attached hydrogens (tertiary/aromatic N) is 4. The Kier molecular flexibility index (Phi) is 3.94. The van der Waals surface area contributed by atoms with Crippen molar-refractivity contribution in [3.05, 3.63) is 41.7 Å². The molecule has 8 heteroatoms. The van der Waals surface area contributed by atoms with E-state index in [0.717, 1.165) is 53.5 Å². The molecule has 1 aromatic carbocycles. The van der Waals surface area contributed by atoms with Crippen molar-refractivity contribution in [2.24, 2.45) is 7.05 Å². The number of aryl methyl sites for hydroxylation is 1. The molecule has 132 valence electrons. The second-order valence-electron chi connectivity index (χ2n) is 6.26. The summed E-state index contributed by atoms with van der Waals surface area (Å²) in [4.78, 5) is 6.72. The lowest BCUT2D eigenvalue weighted by molar-refractivity contribution is -0.137. The van der Waals surface area contributed by atoms with Crippen LogP contribution in [0.4, 0.5) is 18.3 Å². The number of hydrogen-bond donors (Lipinski definition) is 0. The van der Waals surface area contributed by atoms with Gasteiger partial charge in [-0.25, -0.2) is 4.98 Å².